The normalized spacial score (nSPS) is 12.0. The molecule has 0 fully saturated rings. The number of pyridine rings is 1. The van der Waals surface area contributed by atoms with Gasteiger partial charge in [-0.3, -0.25) is 14.8 Å². The number of carbonyl (C=O) groups is 1. The Balaban J connectivity index is 0.00000338. The molecule has 0 aliphatic heterocycles. The highest BCUT2D eigenvalue weighted by molar-refractivity contribution is 14.0. The van der Waals surface area contributed by atoms with Crippen LogP contribution in [0.5, 0.6) is 0 Å². The maximum absolute atomic E-state index is 11.9. The van der Waals surface area contributed by atoms with Gasteiger partial charge in [0.05, 0.1) is 5.56 Å². The second-order valence-electron chi connectivity index (χ2n) is 5.60. The Bertz CT molecular complexity index is 663. The number of carbonyl (C=O) groups excluding carboxylic acids is 1. The quantitative estimate of drug-likeness (QED) is 0.232. The summed E-state index contributed by atoms with van der Waals surface area (Å²) < 4.78 is 0. The van der Waals surface area contributed by atoms with Crippen LogP contribution in [0.15, 0.2) is 46.3 Å². The summed E-state index contributed by atoms with van der Waals surface area (Å²) in [7, 11) is 0. The summed E-state index contributed by atoms with van der Waals surface area (Å²) in [5.41, 5.74) is 1.88. The van der Waals surface area contributed by atoms with Gasteiger partial charge in [0.2, 0.25) is 0 Å². The molecular formula is C18H26IN5OS. The zero-order chi connectivity index (χ0) is 17.9. The number of amides is 1. The predicted molar refractivity (Wildman–Crippen MR) is 119 cm³/mol. The van der Waals surface area contributed by atoms with Crippen molar-refractivity contribution in [2.24, 2.45) is 4.99 Å². The van der Waals surface area contributed by atoms with E-state index >= 15 is 0 Å². The van der Waals surface area contributed by atoms with Gasteiger partial charge in [0.15, 0.2) is 5.96 Å². The first kappa shape index (κ1) is 22.4. The Labute approximate surface area is 175 Å². The monoisotopic (exact) mass is 487 g/mol. The van der Waals surface area contributed by atoms with Crippen LogP contribution in [0.4, 0.5) is 0 Å². The van der Waals surface area contributed by atoms with E-state index in [1.54, 1.807) is 35.9 Å². The fourth-order valence-corrected chi connectivity index (χ4v) is 2.97. The first-order valence-electron chi connectivity index (χ1n) is 8.43. The number of hydrogen-bond donors (Lipinski definition) is 3. The fourth-order valence-electron chi connectivity index (χ4n) is 2.19. The minimum atomic E-state index is -0.122. The zero-order valence-electron chi connectivity index (χ0n) is 15.1. The van der Waals surface area contributed by atoms with Crippen molar-refractivity contribution in [3.8, 4) is 0 Å². The minimum absolute atomic E-state index is 0. The molecule has 2 rings (SSSR count). The smallest absolute Gasteiger partial charge is 0.252 e. The van der Waals surface area contributed by atoms with E-state index in [0.29, 0.717) is 31.1 Å². The molecule has 1 atom stereocenters. The van der Waals surface area contributed by atoms with E-state index in [1.165, 1.54) is 5.56 Å². The summed E-state index contributed by atoms with van der Waals surface area (Å²) in [6.45, 7) is 6.82. The Morgan fingerprint density at radius 2 is 2.08 bits per heavy atom. The van der Waals surface area contributed by atoms with Crippen molar-refractivity contribution in [1.82, 2.24) is 20.9 Å². The van der Waals surface area contributed by atoms with Crippen LogP contribution in [0.25, 0.3) is 0 Å². The van der Waals surface area contributed by atoms with E-state index in [2.05, 4.69) is 49.7 Å². The van der Waals surface area contributed by atoms with E-state index in [1.807, 2.05) is 6.92 Å². The SMILES string of the molecule is CCNC(=NCC(C)c1ccsc1)NCCNC(=O)c1cccnc1.I. The first-order chi connectivity index (χ1) is 12.2. The largest absolute Gasteiger partial charge is 0.357 e. The molecule has 0 spiro atoms. The number of nitrogens with zero attached hydrogens (tertiary/aromatic N) is 2. The second-order valence-corrected chi connectivity index (χ2v) is 6.38. The van der Waals surface area contributed by atoms with E-state index < -0.39 is 0 Å². The number of aliphatic imine (C=N–C) groups is 1. The van der Waals surface area contributed by atoms with Crippen molar-refractivity contribution in [2.75, 3.05) is 26.2 Å². The maximum atomic E-state index is 11.9. The molecular weight excluding hydrogens is 461 g/mol. The third-order valence-corrected chi connectivity index (χ3v) is 4.31. The van der Waals surface area contributed by atoms with Crippen molar-refractivity contribution >= 4 is 47.2 Å². The third kappa shape index (κ3) is 7.69. The summed E-state index contributed by atoms with van der Waals surface area (Å²) in [6, 6.07) is 5.63. The van der Waals surface area contributed by atoms with E-state index in [-0.39, 0.29) is 29.9 Å². The molecule has 3 N–H and O–H groups in total. The van der Waals surface area contributed by atoms with Gasteiger partial charge in [-0.05, 0) is 41.4 Å². The second kappa shape index (κ2) is 12.6. The van der Waals surface area contributed by atoms with Gasteiger partial charge in [0, 0.05) is 44.5 Å². The number of guanidine groups is 1. The lowest BCUT2D eigenvalue weighted by atomic mass is 10.1. The number of nitrogens with one attached hydrogen (secondary N) is 3. The Hall–Kier alpha value is -1.68. The molecule has 0 saturated carbocycles. The van der Waals surface area contributed by atoms with Gasteiger partial charge in [-0.1, -0.05) is 6.92 Å². The molecule has 0 aromatic carbocycles. The van der Waals surface area contributed by atoms with Gasteiger partial charge in [-0.25, -0.2) is 0 Å². The maximum Gasteiger partial charge on any atom is 0.252 e. The van der Waals surface area contributed by atoms with Gasteiger partial charge in [0.25, 0.3) is 5.91 Å². The molecule has 26 heavy (non-hydrogen) atoms. The summed E-state index contributed by atoms with van der Waals surface area (Å²) >= 11 is 1.71. The minimum Gasteiger partial charge on any atom is -0.357 e. The van der Waals surface area contributed by atoms with Crippen LogP contribution in [0.3, 0.4) is 0 Å². The van der Waals surface area contributed by atoms with Crippen LogP contribution in [-0.2, 0) is 0 Å². The molecule has 1 amide bonds. The van der Waals surface area contributed by atoms with Crippen molar-refractivity contribution in [2.45, 2.75) is 19.8 Å². The molecule has 0 saturated heterocycles. The number of thiophene rings is 1. The highest BCUT2D eigenvalue weighted by Gasteiger charge is 2.06. The molecule has 2 heterocycles. The molecule has 0 aliphatic rings. The van der Waals surface area contributed by atoms with Crippen LogP contribution in [0, 0.1) is 0 Å². The van der Waals surface area contributed by atoms with Crippen LogP contribution >= 0.6 is 35.3 Å². The summed E-state index contributed by atoms with van der Waals surface area (Å²) in [5, 5.41) is 13.6. The standard InChI is InChI=1S/C18H25N5OS.HI/c1-3-20-18(23-11-14(2)16-6-10-25-13-16)22-9-8-21-17(24)15-5-4-7-19-12-15;/h4-7,10,12-14H,3,8-9,11H2,1-2H3,(H,21,24)(H2,20,22,23);1H. The van der Waals surface area contributed by atoms with E-state index in [9.17, 15) is 4.79 Å². The average molecular weight is 487 g/mol. The van der Waals surface area contributed by atoms with Crippen molar-refractivity contribution in [3.05, 3.63) is 52.5 Å². The van der Waals surface area contributed by atoms with Crippen LogP contribution in [0.2, 0.25) is 0 Å². The number of halogens is 1. The predicted octanol–water partition coefficient (Wildman–Crippen LogP) is 2.85. The summed E-state index contributed by atoms with van der Waals surface area (Å²) in [5.74, 6) is 1.02. The van der Waals surface area contributed by atoms with Crippen molar-refractivity contribution < 1.29 is 4.79 Å². The molecule has 1 unspecified atom stereocenters. The van der Waals surface area contributed by atoms with E-state index in [0.717, 1.165) is 12.5 Å². The summed E-state index contributed by atoms with van der Waals surface area (Å²) in [4.78, 5) is 20.5. The topological polar surface area (TPSA) is 78.4 Å². The number of aromatic nitrogens is 1. The Morgan fingerprint density at radius 1 is 1.27 bits per heavy atom. The molecule has 2 aromatic rings. The highest BCUT2D eigenvalue weighted by Crippen LogP contribution is 2.18. The first-order valence-corrected chi connectivity index (χ1v) is 9.37. The zero-order valence-corrected chi connectivity index (χ0v) is 18.2. The molecule has 2 aromatic heterocycles. The van der Waals surface area contributed by atoms with Gasteiger partial charge >= 0.3 is 0 Å². The van der Waals surface area contributed by atoms with Gasteiger partial charge < -0.3 is 16.0 Å². The molecule has 8 heteroatoms. The molecule has 6 nitrogen and oxygen atoms in total. The number of rotatable bonds is 8. The third-order valence-electron chi connectivity index (χ3n) is 3.61. The lowest BCUT2D eigenvalue weighted by molar-refractivity contribution is 0.0954. The molecule has 0 radical (unpaired) electrons. The molecule has 142 valence electrons. The average Bonchev–Trinajstić information content (AvgIpc) is 3.18. The van der Waals surface area contributed by atoms with Gasteiger partial charge in [-0.2, -0.15) is 11.3 Å². The number of hydrogen-bond acceptors (Lipinski definition) is 4. The van der Waals surface area contributed by atoms with Crippen molar-refractivity contribution in [1.29, 1.82) is 0 Å². The Morgan fingerprint density at radius 3 is 2.73 bits per heavy atom. The molecule has 0 bridgehead atoms. The van der Waals surface area contributed by atoms with Crippen LogP contribution in [0.1, 0.15) is 35.7 Å². The van der Waals surface area contributed by atoms with Crippen molar-refractivity contribution in [3.63, 3.8) is 0 Å². The lowest BCUT2D eigenvalue weighted by Crippen LogP contribution is -2.41. The van der Waals surface area contributed by atoms with Crippen LogP contribution in [-0.4, -0.2) is 43.0 Å². The highest BCUT2D eigenvalue weighted by atomic mass is 127. The van der Waals surface area contributed by atoms with Crippen LogP contribution < -0.4 is 16.0 Å². The molecule has 0 aliphatic carbocycles. The van der Waals surface area contributed by atoms with E-state index in [4.69, 9.17) is 0 Å². The van der Waals surface area contributed by atoms with Gasteiger partial charge in [-0.15, -0.1) is 24.0 Å². The lowest BCUT2D eigenvalue weighted by Gasteiger charge is -2.13. The summed E-state index contributed by atoms with van der Waals surface area (Å²) in [6.07, 6.45) is 3.20. The van der Waals surface area contributed by atoms with Gasteiger partial charge in [0.1, 0.15) is 0 Å². The fraction of sp³-hybridized carbons (Fsp3) is 0.389. The Kier molecular flexibility index (Phi) is 10.9.